The first-order chi connectivity index (χ1) is 12.6. The van der Waals surface area contributed by atoms with Gasteiger partial charge in [0.15, 0.2) is 0 Å². The number of hydrogen-bond acceptors (Lipinski definition) is 3. The molecule has 0 aliphatic heterocycles. The molecule has 0 saturated heterocycles. The first kappa shape index (κ1) is 24.7. The molecular weight excluding hydrogens is 384 g/mol. The van der Waals surface area contributed by atoms with Crippen molar-refractivity contribution in [2.75, 3.05) is 5.75 Å². The zero-order valence-corrected chi connectivity index (χ0v) is 16.8. The van der Waals surface area contributed by atoms with Gasteiger partial charge in [-0.2, -0.15) is 8.42 Å². The van der Waals surface area contributed by atoms with Crippen LogP contribution in [0.5, 0.6) is 5.75 Å². The normalized spacial score (nSPS) is 11.3. The van der Waals surface area contributed by atoms with Gasteiger partial charge in [-0.05, 0) is 17.9 Å². The van der Waals surface area contributed by atoms with Gasteiger partial charge in [0.25, 0.3) is 0 Å². The van der Waals surface area contributed by atoms with Crippen LogP contribution in [-0.4, -0.2) is 51.9 Å². The van der Waals surface area contributed by atoms with Crippen molar-refractivity contribution in [1.82, 2.24) is 0 Å². The van der Waals surface area contributed by atoms with Gasteiger partial charge in [0.1, 0.15) is 5.75 Å². The molecule has 148 valence electrons. The van der Waals surface area contributed by atoms with Crippen molar-refractivity contribution in [3.63, 3.8) is 0 Å². The minimum absolute atomic E-state index is 0. The third kappa shape index (κ3) is 9.65. The molecule has 0 aliphatic rings. The molecule has 0 saturated carbocycles. The van der Waals surface area contributed by atoms with Gasteiger partial charge < -0.3 is 4.18 Å². The third-order valence-electron chi connectivity index (χ3n) is 4.71. The minimum atomic E-state index is -3.53. The summed E-state index contributed by atoms with van der Waals surface area (Å²) in [6, 6.07) is 13.2. The molecule has 0 spiro atoms. The molecule has 27 heavy (non-hydrogen) atoms. The average Bonchev–Trinajstić information content (AvgIpc) is 2.63. The molecule has 0 aromatic heterocycles. The van der Waals surface area contributed by atoms with E-state index in [2.05, 4.69) is 6.92 Å². The molecule has 0 fully saturated rings. The molecule has 0 amide bonds. The van der Waals surface area contributed by atoms with Crippen LogP contribution in [-0.2, 0) is 10.1 Å². The molecule has 0 aliphatic carbocycles. The van der Waals surface area contributed by atoms with E-state index in [9.17, 15) is 8.42 Å². The molecule has 2 aromatic carbocycles. The van der Waals surface area contributed by atoms with Crippen molar-refractivity contribution in [2.24, 2.45) is 0 Å². The van der Waals surface area contributed by atoms with Gasteiger partial charge >= 0.3 is 47.9 Å². The number of hydrogen-bond donors (Lipinski definition) is 0. The van der Waals surface area contributed by atoms with E-state index in [4.69, 9.17) is 4.18 Å². The van der Waals surface area contributed by atoms with Crippen molar-refractivity contribution in [3.05, 3.63) is 42.5 Å². The van der Waals surface area contributed by atoms with Gasteiger partial charge in [0, 0.05) is 5.39 Å². The van der Waals surface area contributed by atoms with E-state index in [0.717, 1.165) is 23.6 Å². The third-order valence-corrected chi connectivity index (χ3v) is 5.94. The Morgan fingerprint density at radius 3 is 1.96 bits per heavy atom. The Balaban J connectivity index is 0.00000364. The van der Waals surface area contributed by atoms with E-state index < -0.39 is 10.1 Å². The molecule has 0 atom stereocenters. The van der Waals surface area contributed by atoms with Crippen molar-refractivity contribution in [1.29, 1.82) is 0 Å². The monoisotopic (exact) mass is 418 g/mol. The van der Waals surface area contributed by atoms with Crippen molar-refractivity contribution < 1.29 is 12.6 Å². The molecule has 0 radical (unpaired) electrons. The molecule has 0 N–H and O–H groups in total. The topological polar surface area (TPSA) is 43.4 Å². The molecule has 5 heteroatoms. The van der Waals surface area contributed by atoms with Crippen molar-refractivity contribution in [3.8, 4) is 5.75 Å². The number of fused-ring (bicyclic) bond motifs is 1. The number of benzene rings is 2. The summed E-state index contributed by atoms with van der Waals surface area (Å²) in [5, 5.41) is 1.82. The van der Waals surface area contributed by atoms with Gasteiger partial charge in [-0.1, -0.05) is 101 Å². The summed E-state index contributed by atoms with van der Waals surface area (Å²) < 4.78 is 29.9. The Hall–Kier alpha value is -0.290. The van der Waals surface area contributed by atoms with E-state index in [1.807, 2.05) is 36.4 Å². The summed E-state index contributed by atoms with van der Waals surface area (Å²) in [5.74, 6) is 0.516. The first-order valence-corrected chi connectivity index (χ1v) is 11.6. The summed E-state index contributed by atoms with van der Waals surface area (Å²) in [5.41, 5.74) is 0. The summed E-state index contributed by atoms with van der Waals surface area (Å²) in [6.07, 6.45) is 11.8. The summed E-state index contributed by atoms with van der Waals surface area (Å²) in [4.78, 5) is 0. The van der Waals surface area contributed by atoms with Crippen LogP contribution < -0.4 is 4.18 Å². The van der Waals surface area contributed by atoms with Gasteiger partial charge in [0.2, 0.25) is 0 Å². The van der Waals surface area contributed by atoms with E-state index >= 15 is 0 Å². The second kappa shape index (κ2) is 13.8. The number of rotatable bonds is 13. The second-order valence-corrected chi connectivity index (χ2v) is 8.69. The zero-order valence-electron chi connectivity index (χ0n) is 16.0. The fraction of sp³-hybridized carbons (Fsp3) is 0.545. The van der Waals surface area contributed by atoms with Crippen molar-refractivity contribution in [2.45, 2.75) is 71.1 Å². The van der Waals surface area contributed by atoms with Crippen LogP contribution in [0.4, 0.5) is 0 Å². The fourth-order valence-electron chi connectivity index (χ4n) is 3.21. The van der Waals surface area contributed by atoms with Crippen LogP contribution >= 0.6 is 0 Å². The van der Waals surface area contributed by atoms with Gasteiger partial charge in [-0.25, -0.2) is 0 Å². The van der Waals surface area contributed by atoms with Crippen LogP contribution in [0.15, 0.2) is 42.5 Å². The fourth-order valence-corrected chi connectivity index (χ4v) is 4.27. The number of unbranched alkanes of at least 4 members (excludes halogenated alkanes) is 9. The molecule has 0 heterocycles. The van der Waals surface area contributed by atoms with Crippen molar-refractivity contribution >= 4 is 58.6 Å². The molecule has 2 aromatic rings. The molecule has 3 nitrogen and oxygen atoms in total. The standard InChI is InChI=1S/C22H32O3S.Ca.2H/c1-2-3-4-5-6-7-8-9-10-13-19-26(23,24)25-22-18-14-16-20-15-11-12-17-21(20)22;;;/h11-12,14-18H,2-10,13,19H2,1H3;;;. The SMILES string of the molecule is CCCCCCCCCCCCS(=O)(=O)Oc1cccc2ccccc12.[CaH2]. The van der Waals surface area contributed by atoms with Crippen LogP contribution in [0.1, 0.15) is 71.1 Å². The predicted octanol–water partition coefficient (Wildman–Crippen LogP) is 5.55. The van der Waals surface area contributed by atoms with Crippen LogP contribution in [0.2, 0.25) is 0 Å². The van der Waals surface area contributed by atoms with Gasteiger partial charge in [0.05, 0.1) is 5.75 Å². The Bertz CT molecular complexity index is 754. The Morgan fingerprint density at radius 2 is 1.30 bits per heavy atom. The van der Waals surface area contributed by atoms with Gasteiger partial charge in [-0.3, -0.25) is 0 Å². The first-order valence-electron chi connectivity index (χ1n) is 10.0. The predicted molar refractivity (Wildman–Crippen MR) is 119 cm³/mol. The molecular formula is C22H34CaO3S. The maximum atomic E-state index is 12.3. The Morgan fingerprint density at radius 1 is 0.741 bits per heavy atom. The van der Waals surface area contributed by atoms with E-state index in [0.29, 0.717) is 12.2 Å². The summed E-state index contributed by atoms with van der Waals surface area (Å²) >= 11 is 0. The van der Waals surface area contributed by atoms with E-state index in [1.165, 1.54) is 44.9 Å². The zero-order chi connectivity index (χ0) is 18.7. The summed E-state index contributed by atoms with van der Waals surface area (Å²) in [6.45, 7) is 2.23. The van der Waals surface area contributed by atoms with Crippen LogP contribution in [0, 0.1) is 0 Å². The maximum absolute atomic E-state index is 12.3. The van der Waals surface area contributed by atoms with Gasteiger partial charge in [-0.15, -0.1) is 0 Å². The Labute approximate surface area is 195 Å². The second-order valence-electron chi connectivity index (χ2n) is 7.00. The molecule has 2 rings (SSSR count). The quantitative estimate of drug-likeness (QED) is 0.243. The van der Waals surface area contributed by atoms with E-state index in [1.54, 1.807) is 6.07 Å². The van der Waals surface area contributed by atoms with E-state index in [-0.39, 0.29) is 43.5 Å². The summed E-state index contributed by atoms with van der Waals surface area (Å²) in [7, 11) is -3.53. The molecule has 0 unspecified atom stereocenters. The van der Waals surface area contributed by atoms with Crippen LogP contribution in [0.3, 0.4) is 0 Å². The van der Waals surface area contributed by atoms with Crippen LogP contribution in [0.25, 0.3) is 10.8 Å². The average molecular weight is 419 g/mol. The Kier molecular flexibility index (Phi) is 12.7. The molecule has 0 bridgehead atoms.